The van der Waals surface area contributed by atoms with Crippen LogP contribution in [0.2, 0.25) is 0 Å². The zero-order valence-corrected chi connectivity index (χ0v) is 13.5. The molecule has 0 saturated carbocycles. The number of amides is 1. The molecule has 0 bridgehead atoms. The highest BCUT2D eigenvalue weighted by Crippen LogP contribution is 2.23. The fourth-order valence-electron chi connectivity index (χ4n) is 1.90. The van der Waals surface area contributed by atoms with Gasteiger partial charge in [0.15, 0.2) is 11.0 Å². The summed E-state index contributed by atoms with van der Waals surface area (Å²) in [6.07, 6.45) is 5.21. The van der Waals surface area contributed by atoms with Crippen LogP contribution in [0, 0.1) is 0 Å². The second-order valence-corrected chi connectivity index (χ2v) is 5.89. The third-order valence-electron chi connectivity index (χ3n) is 2.75. The van der Waals surface area contributed by atoms with Crippen LogP contribution in [0.5, 0.6) is 0 Å². The second kappa shape index (κ2) is 7.74. The van der Waals surface area contributed by atoms with Crippen molar-refractivity contribution in [2.45, 2.75) is 31.6 Å². The van der Waals surface area contributed by atoms with Crippen LogP contribution in [0.15, 0.2) is 42.3 Å². The number of carbonyl (C=O) groups is 1. The van der Waals surface area contributed by atoms with Gasteiger partial charge in [-0.1, -0.05) is 17.8 Å². The maximum Gasteiger partial charge on any atom is 0.230 e. The van der Waals surface area contributed by atoms with Gasteiger partial charge in [0.1, 0.15) is 0 Å². The molecule has 2 rings (SSSR count). The standard InChI is InChI=1S/C15H19N5OS/c1-4-9-20-14(12-5-7-16-8-6-12)18-19-15(20)22-10-13(21)17-11(2)3/h4-8,11H,1,9-10H2,2-3H3,(H,17,21). The van der Waals surface area contributed by atoms with Gasteiger partial charge in [-0.25, -0.2) is 0 Å². The van der Waals surface area contributed by atoms with Crippen LogP contribution in [0.25, 0.3) is 11.4 Å². The van der Waals surface area contributed by atoms with Gasteiger partial charge in [0.25, 0.3) is 0 Å². The van der Waals surface area contributed by atoms with Crippen LogP contribution >= 0.6 is 11.8 Å². The highest BCUT2D eigenvalue weighted by atomic mass is 32.2. The number of pyridine rings is 1. The SMILES string of the molecule is C=CCn1c(SCC(=O)NC(C)C)nnc1-c1ccncc1. The Hall–Kier alpha value is -2.15. The minimum atomic E-state index is -0.0152. The van der Waals surface area contributed by atoms with Crippen molar-refractivity contribution in [3.8, 4) is 11.4 Å². The summed E-state index contributed by atoms with van der Waals surface area (Å²) >= 11 is 1.37. The highest BCUT2D eigenvalue weighted by molar-refractivity contribution is 7.99. The van der Waals surface area contributed by atoms with Crippen molar-refractivity contribution in [1.82, 2.24) is 25.1 Å². The molecule has 2 aromatic rings. The topological polar surface area (TPSA) is 72.7 Å². The van der Waals surface area contributed by atoms with Gasteiger partial charge < -0.3 is 5.32 Å². The van der Waals surface area contributed by atoms with Crippen molar-refractivity contribution in [2.75, 3.05) is 5.75 Å². The van der Waals surface area contributed by atoms with Crippen LogP contribution < -0.4 is 5.32 Å². The number of nitrogens with one attached hydrogen (secondary N) is 1. The monoisotopic (exact) mass is 317 g/mol. The number of aromatic nitrogens is 4. The van der Waals surface area contributed by atoms with Crippen LogP contribution in [0.1, 0.15) is 13.8 Å². The summed E-state index contributed by atoms with van der Waals surface area (Å²) in [5, 5.41) is 12.0. The maximum absolute atomic E-state index is 11.8. The lowest BCUT2D eigenvalue weighted by Gasteiger charge is -2.09. The van der Waals surface area contributed by atoms with Gasteiger partial charge in [0.05, 0.1) is 5.75 Å². The van der Waals surface area contributed by atoms with E-state index in [-0.39, 0.29) is 11.9 Å². The molecule has 7 heteroatoms. The zero-order chi connectivity index (χ0) is 15.9. The van der Waals surface area contributed by atoms with E-state index in [2.05, 4.69) is 27.1 Å². The largest absolute Gasteiger partial charge is 0.353 e. The van der Waals surface area contributed by atoms with E-state index in [1.807, 2.05) is 30.5 Å². The summed E-state index contributed by atoms with van der Waals surface area (Å²) in [6.45, 7) is 8.22. The molecule has 0 aromatic carbocycles. The van der Waals surface area contributed by atoms with E-state index in [9.17, 15) is 4.79 Å². The van der Waals surface area contributed by atoms with Gasteiger partial charge in [0, 0.05) is 30.5 Å². The summed E-state index contributed by atoms with van der Waals surface area (Å²) in [5.41, 5.74) is 0.933. The quantitative estimate of drug-likeness (QED) is 0.626. The number of allylic oxidation sites excluding steroid dienone is 1. The van der Waals surface area contributed by atoms with Crippen molar-refractivity contribution in [3.05, 3.63) is 37.2 Å². The third kappa shape index (κ3) is 4.17. The molecule has 1 amide bonds. The first kappa shape index (κ1) is 16.2. The van der Waals surface area contributed by atoms with E-state index >= 15 is 0 Å². The van der Waals surface area contributed by atoms with E-state index in [1.54, 1.807) is 18.5 Å². The highest BCUT2D eigenvalue weighted by Gasteiger charge is 2.14. The molecule has 0 unspecified atom stereocenters. The molecule has 0 aliphatic heterocycles. The number of hydrogen-bond donors (Lipinski definition) is 1. The maximum atomic E-state index is 11.8. The molecule has 0 aliphatic rings. The second-order valence-electron chi connectivity index (χ2n) is 4.95. The molecule has 0 radical (unpaired) electrons. The molecule has 6 nitrogen and oxygen atoms in total. The van der Waals surface area contributed by atoms with Crippen LogP contribution in [0.4, 0.5) is 0 Å². The average Bonchev–Trinajstić information content (AvgIpc) is 2.89. The molecule has 2 aromatic heterocycles. The first-order valence-corrected chi connectivity index (χ1v) is 7.97. The molecule has 22 heavy (non-hydrogen) atoms. The summed E-state index contributed by atoms with van der Waals surface area (Å²) in [7, 11) is 0. The average molecular weight is 317 g/mol. The van der Waals surface area contributed by atoms with Crippen molar-refractivity contribution in [1.29, 1.82) is 0 Å². The summed E-state index contributed by atoms with van der Waals surface area (Å²) in [4.78, 5) is 15.8. The normalized spacial score (nSPS) is 10.7. The first-order valence-electron chi connectivity index (χ1n) is 6.98. The number of thioether (sulfide) groups is 1. The van der Waals surface area contributed by atoms with E-state index in [0.29, 0.717) is 17.5 Å². The van der Waals surface area contributed by atoms with Crippen LogP contribution in [-0.2, 0) is 11.3 Å². The lowest BCUT2D eigenvalue weighted by Crippen LogP contribution is -2.31. The van der Waals surface area contributed by atoms with Gasteiger partial charge in [0.2, 0.25) is 5.91 Å². The Bertz CT molecular complexity index is 639. The summed E-state index contributed by atoms with van der Waals surface area (Å²) < 4.78 is 1.94. The molecule has 0 aliphatic carbocycles. The Morgan fingerprint density at radius 3 is 2.77 bits per heavy atom. The Labute approximate surface area is 134 Å². The lowest BCUT2D eigenvalue weighted by molar-refractivity contribution is -0.119. The molecule has 1 N–H and O–H groups in total. The van der Waals surface area contributed by atoms with Crippen molar-refractivity contribution < 1.29 is 4.79 Å². The third-order valence-corrected chi connectivity index (χ3v) is 3.72. The molecular formula is C15H19N5OS. The van der Waals surface area contributed by atoms with Gasteiger partial charge >= 0.3 is 0 Å². The van der Waals surface area contributed by atoms with Gasteiger partial charge in [-0.15, -0.1) is 16.8 Å². The predicted molar refractivity (Wildman–Crippen MR) is 87.5 cm³/mol. The molecule has 0 fully saturated rings. The zero-order valence-electron chi connectivity index (χ0n) is 12.7. The summed E-state index contributed by atoms with van der Waals surface area (Å²) in [5.74, 6) is 1.04. The number of nitrogens with zero attached hydrogens (tertiary/aromatic N) is 4. The fourth-order valence-corrected chi connectivity index (χ4v) is 2.66. The van der Waals surface area contributed by atoms with E-state index in [1.165, 1.54) is 11.8 Å². The van der Waals surface area contributed by atoms with E-state index in [0.717, 1.165) is 11.4 Å². The summed E-state index contributed by atoms with van der Waals surface area (Å²) in [6, 6.07) is 3.89. The number of rotatable bonds is 7. The molecular weight excluding hydrogens is 298 g/mol. The van der Waals surface area contributed by atoms with Crippen LogP contribution in [0.3, 0.4) is 0 Å². The minimum Gasteiger partial charge on any atom is -0.353 e. The first-order chi connectivity index (χ1) is 10.6. The van der Waals surface area contributed by atoms with E-state index in [4.69, 9.17) is 0 Å². The fraction of sp³-hybridized carbons (Fsp3) is 0.333. The van der Waals surface area contributed by atoms with Crippen molar-refractivity contribution >= 4 is 17.7 Å². The Morgan fingerprint density at radius 2 is 2.14 bits per heavy atom. The van der Waals surface area contributed by atoms with E-state index < -0.39 is 0 Å². The number of hydrogen-bond acceptors (Lipinski definition) is 5. The molecule has 0 spiro atoms. The van der Waals surface area contributed by atoms with Gasteiger partial charge in [-0.3, -0.25) is 14.3 Å². The minimum absolute atomic E-state index is 0.0152. The molecule has 116 valence electrons. The predicted octanol–water partition coefficient (Wildman–Crippen LogP) is 2.14. The lowest BCUT2D eigenvalue weighted by atomic mass is 10.2. The van der Waals surface area contributed by atoms with Gasteiger partial charge in [-0.2, -0.15) is 0 Å². The Kier molecular flexibility index (Phi) is 5.71. The Balaban J connectivity index is 2.17. The van der Waals surface area contributed by atoms with Crippen molar-refractivity contribution in [2.24, 2.45) is 0 Å². The van der Waals surface area contributed by atoms with Crippen LogP contribution in [-0.4, -0.2) is 37.5 Å². The Morgan fingerprint density at radius 1 is 1.41 bits per heavy atom. The van der Waals surface area contributed by atoms with Crippen molar-refractivity contribution in [3.63, 3.8) is 0 Å². The number of carbonyl (C=O) groups excluding carboxylic acids is 1. The smallest absolute Gasteiger partial charge is 0.230 e. The molecule has 0 atom stereocenters. The molecule has 0 saturated heterocycles. The van der Waals surface area contributed by atoms with Gasteiger partial charge in [-0.05, 0) is 26.0 Å². The molecule has 2 heterocycles.